The lowest BCUT2D eigenvalue weighted by atomic mass is 10.1. The minimum absolute atomic E-state index is 0.271. The lowest BCUT2D eigenvalue weighted by molar-refractivity contribution is 0.311. The maximum Gasteiger partial charge on any atom is 0.230 e. The van der Waals surface area contributed by atoms with Gasteiger partial charge >= 0.3 is 0 Å². The fourth-order valence-electron chi connectivity index (χ4n) is 2.44. The number of nitrogens with zero attached hydrogens (tertiary/aromatic N) is 5. The number of hydrogen-bond acceptors (Lipinski definition) is 6. The summed E-state index contributed by atoms with van der Waals surface area (Å²) in [6.45, 7) is 3.80. The van der Waals surface area contributed by atoms with E-state index in [9.17, 15) is 0 Å². The molecule has 1 aromatic carbocycles. The van der Waals surface area contributed by atoms with Gasteiger partial charge in [-0.3, -0.25) is 0 Å². The molecule has 1 aliphatic rings. The second-order valence-corrected chi connectivity index (χ2v) is 5.94. The van der Waals surface area contributed by atoms with Gasteiger partial charge in [-0.2, -0.15) is 15.0 Å². The van der Waals surface area contributed by atoms with Gasteiger partial charge in [0.15, 0.2) is 0 Å². The molecule has 6 nitrogen and oxygen atoms in total. The van der Waals surface area contributed by atoms with E-state index in [1.165, 1.54) is 0 Å². The predicted octanol–water partition coefficient (Wildman–Crippen LogP) is 1.45. The molecule has 1 saturated heterocycles. The Kier molecular flexibility index (Phi) is 4.40. The Hall–Kier alpha value is -1.92. The Morgan fingerprint density at radius 2 is 1.73 bits per heavy atom. The molecule has 0 unspecified atom stereocenters. The zero-order chi connectivity index (χ0) is 15.5. The molecule has 1 aromatic heterocycles. The maximum absolute atomic E-state index is 5.91. The van der Waals surface area contributed by atoms with Gasteiger partial charge in [0.1, 0.15) is 5.82 Å². The first-order valence-corrected chi connectivity index (χ1v) is 7.66. The van der Waals surface area contributed by atoms with E-state index in [2.05, 4.69) is 31.8 Å². The van der Waals surface area contributed by atoms with E-state index in [1.54, 1.807) is 0 Å². The molecule has 116 valence electrons. The Morgan fingerprint density at radius 3 is 2.41 bits per heavy atom. The molecule has 0 atom stereocenters. The molecule has 0 saturated carbocycles. The molecule has 2 aromatic rings. The van der Waals surface area contributed by atoms with Gasteiger partial charge in [-0.05, 0) is 24.7 Å². The van der Waals surface area contributed by atoms with E-state index in [0.29, 0.717) is 18.2 Å². The fraction of sp³-hybridized carbons (Fsp3) is 0.400. The molecule has 1 aliphatic heterocycles. The molecule has 2 heterocycles. The van der Waals surface area contributed by atoms with Crippen LogP contribution in [0.1, 0.15) is 11.4 Å². The smallest absolute Gasteiger partial charge is 0.230 e. The molecule has 1 fully saturated rings. The number of anilines is 2. The van der Waals surface area contributed by atoms with Crippen molar-refractivity contribution in [2.75, 3.05) is 43.9 Å². The van der Waals surface area contributed by atoms with Gasteiger partial charge in [0.05, 0.1) is 0 Å². The summed E-state index contributed by atoms with van der Waals surface area (Å²) in [6, 6.07) is 7.67. The van der Waals surface area contributed by atoms with Crippen LogP contribution in [0.2, 0.25) is 5.02 Å². The summed E-state index contributed by atoms with van der Waals surface area (Å²) >= 11 is 5.91. The van der Waals surface area contributed by atoms with Crippen molar-refractivity contribution in [1.82, 2.24) is 19.9 Å². The van der Waals surface area contributed by atoms with Crippen LogP contribution < -0.4 is 10.6 Å². The SMILES string of the molecule is CN1CCN(c2nc(N)nc(Cc3ccc(Cl)cc3)n2)CC1. The number of likely N-dealkylation sites (N-methyl/N-ethyl adjacent to an activating group) is 1. The number of benzene rings is 1. The summed E-state index contributed by atoms with van der Waals surface area (Å²) in [7, 11) is 2.12. The predicted molar refractivity (Wildman–Crippen MR) is 88.2 cm³/mol. The van der Waals surface area contributed by atoms with Gasteiger partial charge in [0.25, 0.3) is 0 Å². The highest BCUT2D eigenvalue weighted by Crippen LogP contribution is 2.15. The summed E-state index contributed by atoms with van der Waals surface area (Å²) in [6.07, 6.45) is 0.616. The first-order chi connectivity index (χ1) is 10.6. The number of rotatable bonds is 3. The normalized spacial score (nSPS) is 16.0. The number of aromatic nitrogens is 3. The Balaban J connectivity index is 1.79. The van der Waals surface area contributed by atoms with Crippen LogP contribution in [-0.4, -0.2) is 53.1 Å². The summed E-state index contributed by atoms with van der Waals surface area (Å²) in [5.74, 6) is 1.63. The van der Waals surface area contributed by atoms with Crippen LogP contribution in [0, 0.1) is 0 Å². The summed E-state index contributed by atoms with van der Waals surface area (Å²) < 4.78 is 0. The third-order valence-corrected chi connectivity index (χ3v) is 4.00. The molecular weight excluding hydrogens is 300 g/mol. The van der Waals surface area contributed by atoms with Crippen LogP contribution in [0.15, 0.2) is 24.3 Å². The van der Waals surface area contributed by atoms with Gasteiger partial charge in [-0.1, -0.05) is 23.7 Å². The van der Waals surface area contributed by atoms with E-state index in [-0.39, 0.29) is 5.95 Å². The van der Waals surface area contributed by atoms with E-state index in [1.807, 2.05) is 24.3 Å². The molecule has 0 amide bonds. The third kappa shape index (κ3) is 3.64. The van der Waals surface area contributed by atoms with E-state index < -0.39 is 0 Å². The van der Waals surface area contributed by atoms with Gasteiger partial charge in [0.2, 0.25) is 11.9 Å². The summed E-state index contributed by atoms with van der Waals surface area (Å²) in [5.41, 5.74) is 6.95. The van der Waals surface area contributed by atoms with Crippen molar-refractivity contribution in [3.63, 3.8) is 0 Å². The van der Waals surface area contributed by atoms with Crippen LogP contribution in [0.5, 0.6) is 0 Å². The molecule has 0 bridgehead atoms. The van der Waals surface area contributed by atoms with Gasteiger partial charge in [0, 0.05) is 37.6 Å². The average Bonchev–Trinajstić information content (AvgIpc) is 2.50. The Morgan fingerprint density at radius 1 is 1.05 bits per heavy atom. The van der Waals surface area contributed by atoms with Crippen LogP contribution in [0.4, 0.5) is 11.9 Å². The minimum atomic E-state index is 0.271. The third-order valence-electron chi connectivity index (χ3n) is 3.75. The summed E-state index contributed by atoms with van der Waals surface area (Å²) in [4.78, 5) is 17.5. The van der Waals surface area contributed by atoms with E-state index >= 15 is 0 Å². The lowest BCUT2D eigenvalue weighted by Gasteiger charge is -2.32. The monoisotopic (exact) mass is 318 g/mol. The van der Waals surface area contributed by atoms with Crippen LogP contribution in [0.25, 0.3) is 0 Å². The van der Waals surface area contributed by atoms with E-state index in [0.717, 1.165) is 36.8 Å². The highest BCUT2D eigenvalue weighted by molar-refractivity contribution is 6.30. The number of nitrogens with two attached hydrogens (primary N) is 1. The number of nitrogen functional groups attached to an aromatic ring is 1. The topological polar surface area (TPSA) is 71.2 Å². The zero-order valence-corrected chi connectivity index (χ0v) is 13.3. The van der Waals surface area contributed by atoms with Gasteiger partial charge < -0.3 is 15.5 Å². The molecule has 3 rings (SSSR count). The highest BCUT2D eigenvalue weighted by atomic mass is 35.5. The van der Waals surface area contributed by atoms with Crippen molar-refractivity contribution < 1.29 is 0 Å². The quantitative estimate of drug-likeness (QED) is 0.923. The number of hydrogen-bond donors (Lipinski definition) is 1. The second kappa shape index (κ2) is 6.46. The standard InChI is InChI=1S/C15H19ClN6/c1-21-6-8-22(9-7-21)15-19-13(18-14(17)20-15)10-11-2-4-12(16)5-3-11/h2-5H,6-10H2,1H3,(H2,17,18,19,20). The lowest BCUT2D eigenvalue weighted by Crippen LogP contribution is -2.45. The van der Waals surface area contributed by atoms with E-state index in [4.69, 9.17) is 17.3 Å². The van der Waals surface area contributed by atoms with Crippen molar-refractivity contribution in [2.45, 2.75) is 6.42 Å². The Bertz CT molecular complexity index is 637. The molecule has 0 radical (unpaired) electrons. The molecule has 0 aliphatic carbocycles. The Labute approximate surface area is 134 Å². The van der Waals surface area contributed by atoms with Crippen molar-refractivity contribution in [2.24, 2.45) is 0 Å². The first kappa shape index (κ1) is 15.0. The molecular formula is C15H19ClN6. The summed E-state index contributed by atoms with van der Waals surface area (Å²) in [5, 5.41) is 0.719. The first-order valence-electron chi connectivity index (χ1n) is 7.28. The molecule has 2 N–H and O–H groups in total. The van der Waals surface area contributed by atoms with Gasteiger partial charge in [-0.15, -0.1) is 0 Å². The molecule has 7 heteroatoms. The molecule has 22 heavy (non-hydrogen) atoms. The van der Waals surface area contributed by atoms with Crippen molar-refractivity contribution in [3.05, 3.63) is 40.7 Å². The number of piperazine rings is 1. The second-order valence-electron chi connectivity index (χ2n) is 5.50. The molecule has 0 spiro atoms. The van der Waals surface area contributed by atoms with Crippen molar-refractivity contribution in [1.29, 1.82) is 0 Å². The zero-order valence-electron chi connectivity index (χ0n) is 12.5. The largest absolute Gasteiger partial charge is 0.368 e. The van der Waals surface area contributed by atoms with Crippen LogP contribution in [0.3, 0.4) is 0 Å². The van der Waals surface area contributed by atoms with Crippen molar-refractivity contribution >= 4 is 23.5 Å². The van der Waals surface area contributed by atoms with Crippen LogP contribution >= 0.6 is 11.6 Å². The van der Waals surface area contributed by atoms with Crippen LogP contribution in [-0.2, 0) is 6.42 Å². The number of halogens is 1. The highest BCUT2D eigenvalue weighted by Gasteiger charge is 2.18. The minimum Gasteiger partial charge on any atom is -0.368 e. The van der Waals surface area contributed by atoms with Crippen molar-refractivity contribution in [3.8, 4) is 0 Å². The fourth-order valence-corrected chi connectivity index (χ4v) is 2.56. The van der Waals surface area contributed by atoms with Gasteiger partial charge in [-0.25, -0.2) is 0 Å². The maximum atomic E-state index is 5.91. The average molecular weight is 319 g/mol.